The molecule has 0 aliphatic heterocycles. The Kier molecular flexibility index (Phi) is 4.83. The molecule has 1 N–H and O–H groups in total. The molecule has 3 aromatic rings. The predicted octanol–water partition coefficient (Wildman–Crippen LogP) is 3.81. The molecule has 0 amide bonds. The van der Waals surface area contributed by atoms with E-state index in [4.69, 9.17) is 10.1 Å². The Morgan fingerprint density at radius 2 is 2.08 bits per heavy atom. The third-order valence-electron chi connectivity index (χ3n) is 4.75. The molecular weight excluding hydrogens is 344 g/mol. The molecule has 6 heteroatoms. The number of aromatic nitrogens is 3. The molecule has 5 nitrogen and oxygen atoms in total. The van der Waals surface area contributed by atoms with Gasteiger partial charge in [0.15, 0.2) is 0 Å². The van der Waals surface area contributed by atoms with Gasteiger partial charge in [-0.15, -0.1) is 11.3 Å². The van der Waals surface area contributed by atoms with Crippen molar-refractivity contribution in [3.05, 3.63) is 47.4 Å². The van der Waals surface area contributed by atoms with E-state index in [9.17, 15) is 5.26 Å². The number of hydrogen-bond acceptors (Lipinski definition) is 5. The zero-order valence-corrected chi connectivity index (χ0v) is 15.3. The van der Waals surface area contributed by atoms with Gasteiger partial charge in [0, 0.05) is 31.2 Å². The first-order valence-electron chi connectivity index (χ1n) is 8.95. The number of aryl methyl sites for hydroxylation is 3. The Hall–Kier alpha value is -2.49. The van der Waals surface area contributed by atoms with Crippen molar-refractivity contribution >= 4 is 11.3 Å². The Morgan fingerprint density at radius 1 is 1.23 bits per heavy atom. The van der Waals surface area contributed by atoms with Crippen LogP contribution in [-0.2, 0) is 19.4 Å². The van der Waals surface area contributed by atoms with Gasteiger partial charge in [0.05, 0.1) is 21.0 Å². The zero-order valence-electron chi connectivity index (χ0n) is 14.5. The third kappa shape index (κ3) is 3.16. The van der Waals surface area contributed by atoms with Gasteiger partial charge in [0.1, 0.15) is 11.9 Å². The number of pyridine rings is 1. The van der Waals surface area contributed by atoms with Crippen molar-refractivity contribution in [1.82, 2.24) is 14.5 Å². The highest BCUT2D eigenvalue weighted by atomic mass is 32.1. The molecule has 132 valence electrons. The molecule has 0 unspecified atom stereocenters. The number of nitriles is 1. The summed E-state index contributed by atoms with van der Waals surface area (Å²) in [5.74, 6) is 0.895. The van der Waals surface area contributed by atoms with Gasteiger partial charge < -0.3 is 9.67 Å². The van der Waals surface area contributed by atoms with Crippen molar-refractivity contribution in [3.63, 3.8) is 0 Å². The van der Waals surface area contributed by atoms with E-state index in [2.05, 4.69) is 15.6 Å². The van der Waals surface area contributed by atoms with Crippen molar-refractivity contribution < 1.29 is 5.11 Å². The van der Waals surface area contributed by atoms with Crippen LogP contribution in [0.1, 0.15) is 36.1 Å². The number of thiophene rings is 1. The Morgan fingerprint density at radius 3 is 2.92 bits per heavy atom. The van der Waals surface area contributed by atoms with Crippen molar-refractivity contribution in [1.29, 1.82) is 5.26 Å². The van der Waals surface area contributed by atoms with Gasteiger partial charge >= 0.3 is 0 Å². The normalized spacial score (nSPS) is 13.4. The minimum absolute atomic E-state index is 0.165. The van der Waals surface area contributed by atoms with Crippen LogP contribution < -0.4 is 0 Å². The summed E-state index contributed by atoms with van der Waals surface area (Å²) in [5, 5.41) is 18.7. The predicted molar refractivity (Wildman–Crippen MR) is 102 cm³/mol. The number of fused-ring (bicyclic) bond motifs is 1. The van der Waals surface area contributed by atoms with E-state index in [1.54, 1.807) is 17.5 Å². The summed E-state index contributed by atoms with van der Waals surface area (Å²) in [6.45, 7) is 0.900. The van der Waals surface area contributed by atoms with Gasteiger partial charge in [0.25, 0.3) is 0 Å². The summed E-state index contributed by atoms with van der Waals surface area (Å²) in [5.41, 5.74) is 3.82. The molecule has 0 bridgehead atoms. The average molecular weight is 364 g/mol. The summed E-state index contributed by atoms with van der Waals surface area (Å²) >= 11 is 1.61. The Labute approximate surface area is 156 Å². The van der Waals surface area contributed by atoms with E-state index >= 15 is 0 Å². The molecule has 0 saturated heterocycles. The number of imidazole rings is 1. The van der Waals surface area contributed by atoms with E-state index < -0.39 is 0 Å². The lowest BCUT2D eigenvalue weighted by atomic mass is 9.94. The van der Waals surface area contributed by atoms with Gasteiger partial charge in [-0.25, -0.2) is 4.98 Å². The molecule has 1 aliphatic rings. The molecule has 1 aliphatic carbocycles. The van der Waals surface area contributed by atoms with Crippen LogP contribution in [0.3, 0.4) is 0 Å². The second-order valence-corrected chi connectivity index (χ2v) is 7.58. The molecule has 0 atom stereocenters. The topological polar surface area (TPSA) is 74.7 Å². The summed E-state index contributed by atoms with van der Waals surface area (Å²) in [7, 11) is 0. The molecule has 0 aromatic carbocycles. The lowest BCUT2D eigenvalue weighted by Gasteiger charge is -2.16. The highest BCUT2D eigenvalue weighted by Gasteiger charge is 2.18. The van der Waals surface area contributed by atoms with Crippen molar-refractivity contribution in [2.45, 2.75) is 38.6 Å². The van der Waals surface area contributed by atoms with Crippen molar-refractivity contribution in [2.24, 2.45) is 0 Å². The maximum atomic E-state index is 9.59. The fraction of sp³-hybridized carbons (Fsp3) is 0.350. The SMILES string of the molecule is N#Cc1cc2c(nc1-c1ccc(-c3nccn3CCCO)s1)CCCC2. The first kappa shape index (κ1) is 17.0. The van der Waals surface area contributed by atoms with Crippen LogP contribution in [0.25, 0.3) is 21.3 Å². The maximum absolute atomic E-state index is 9.59. The fourth-order valence-electron chi connectivity index (χ4n) is 3.45. The highest BCUT2D eigenvalue weighted by molar-refractivity contribution is 7.18. The van der Waals surface area contributed by atoms with E-state index in [1.165, 1.54) is 18.4 Å². The van der Waals surface area contributed by atoms with Gasteiger partial charge in [-0.05, 0) is 55.9 Å². The lowest BCUT2D eigenvalue weighted by molar-refractivity contribution is 0.280. The second kappa shape index (κ2) is 7.40. The van der Waals surface area contributed by atoms with Crippen LogP contribution in [0.2, 0.25) is 0 Å². The number of aliphatic hydroxyl groups excluding tert-OH is 1. The van der Waals surface area contributed by atoms with Crippen LogP contribution in [0.4, 0.5) is 0 Å². The summed E-state index contributed by atoms with van der Waals surface area (Å²) in [4.78, 5) is 11.4. The standard InChI is InChI=1S/C20H20N4OS/c21-13-15-12-14-4-1-2-5-16(14)23-19(15)17-6-7-18(26-17)20-22-8-10-24(20)9-3-11-25/h6-8,10,12,25H,1-5,9,11H2. The van der Waals surface area contributed by atoms with Gasteiger partial charge in [0.2, 0.25) is 0 Å². The smallest absolute Gasteiger partial charge is 0.150 e. The van der Waals surface area contributed by atoms with Crippen LogP contribution in [0, 0.1) is 11.3 Å². The zero-order chi connectivity index (χ0) is 17.9. The van der Waals surface area contributed by atoms with Gasteiger partial charge in [-0.2, -0.15) is 5.26 Å². The van der Waals surface area contributed by atoms with Crippen LogP contribution in [0.5, 0.6) is 0 Å². The first-order valence-corrected chi connectivity index (χ1v) is 9.77. The average Bonchev–Trinajstić information content (AvgIpc) is 3.34. The molecule has 4 rings (SSSR count). The van der Waals surface area contributed by atoms with E-state index in [0.717, 1.165) is 46.4 Å². The Balaban J connectivity index is 1.71. The van der Waals surface area contributed by atoms with E-state index in [-0.39, 0.29) is 6.61 Å². The minimum Gasteiger partial charge on any atom is -0.396 e. The summed E-state index contributed by atoms with van der Waals surface area (Å²) < 4.78 is 2.05. The van der Waals surface area contributed by atoms with E-state index in [1.807, 2.05) is 24.4 Å². The second-order valence-electron chi connectivity index (χ2n) is 6.49. The van der Waals surface area contributed by atoms with Crippen LogP contribution >= 0.6 is 11.3 Å². The van der Waals surface area contributed by atoms with Gasteiger partial charge in [-0.1, -0.05) is 0 Å². The number of nitrogens with zero attached hydrogens (tertiary/aromatic N) is 4. The first-order chi connectivity index (χ1) is 12.8. The number of rotatable bonds is 5. The van der Waals surface area contributed by atoms with Gasteiger partial charge in [-0.3, -0.25) is 4.98 Å². The third-order valence-corrected chi connectivity index (χ3v) is 5.84. The molecule has 26 heavy (non-hydrogen) atoms. The maximum Gasteiger partial charge on any atom is 0.150 e. The van der Waals surface area contributed by atoms with Crippen molar-refractivity contribution in [2.75, 3.05) is 6.61 Å². The minimum atomic E-state index is 0.165. The Bertz CT molecular complexity index is 967. The summed E-state index contributed by atoms with van der Waals surface area (Å²) in [6, 6.07) is 8.42. The molecule has 3 aromatic heterocycles. The van der Waals surface area contributed by atoms with Crippen molar-refractivity contribution in [3.8, 4) is 27.3 Å². The van der Waals surface area contributed by atoms with Crippen LogP contribution in [0.15, 0.2) is 30.6 Å². The highest BCUT2D eigenvalue weighted by Crippen LogP contribution is 2.36. The molecular formula is C20H20N4OS. The summed E-state index contributed by atoms with van der Waals surface area (Å²) in [6.07, 6.45) is 8.79. The monoisotopic (exact) mass is 364 g/mol. The molecule has 0 radical (unpaired) electrons. The lowest BCUT2D eigenvalue weighted by Crippen LogP contribution is -2.07. The number of aliphatic hydroxyl groups is 1. The molecule has 3 heterocycles. The number of hydrogen-bond donors (Lipinski definition) is 1. The van der Waals surface area contributed by atoms with E-state index in [0.29, 0.717) is 12.0 Å². The molecule has 0 saturated carbocycles. The quantitative estimate of drug-likeness (QED) is 0.747. The molecule has 0 spiro atoms. The largest absolute Gasteiger partial charge is 0.396 e. The fourth-order valence-corrected chi connectivity index (χ4v) is 4.47. The van der Waals surface area contributed by atoms with Crippen LogP contribution in [-0.4, -0.2) is 26.2 Å². The molecule has 0 fully saturated rings.